The van der Waals surface area contributed by atoms with E-state index in [1.165, 1.54) is 4.31 Å². The van der Waals surface area contributed by atoms with Crippen LogP contribution in [-0.4, -0.2) is 57.1 Å². The van der Waals surface area contributed by atoms with Gasteiger partial charge >= 0.3 is 10.2 Å². The van der Waals surface area contributed by atoms with Gasteiger partial charge in [-0.15, -0.1) is 4.41 Å². The molecule has 30 heavy (non-hydrogen) atoms. The quantitative estimate of drug-likeness (QED) is 0.513. The van der Waals surface area contributed by atoms with E-state index in [4.69, 9.17) is 10.6 Å². The van der Waals surface area contributed by atoms with Crippen molar-refractivity contribution in [3.8, 4) is 5.75 Å². The molecule has 2 aromatic carbocycles. The lowest BCUT2D eigenvalue weighted by molar-refractivity contribution is 0.137. The predicted octanol–water partition coefficient (Wildman–Crippen LogP) is 2.26. The third-order valence-electron chi connectivity index (χ3n) is 5.99. The Bertz CT molecular complexity index is 930. The summed E-state index contributed by atoms with van der Waals surface area (Å²) in [5.41, 5.74) is 1.79. The van der Waals surface area contributed by atoms with Gasteiger partial charge in [-0.25, -0.2) is 0 Å². The molecule has 2 aromatic rings. The lowest BCUT2D eigenvalue weighted by atomic mass is 9.98. The van der Waals surface area contributed by atoms with Crippen LogP contribution in [0.15, 0.2) is 54.6 Å². The Morgan fingerprint density at radius 3 is 2.47 bits per heavy atom. The molecule has 0 amide bonds. The van der Waals surface area contributed by atoms with Crippen molar-refractivity contribution in [3.05, 3.63) is 60.2 Å². The molecule has 1 fully saturated rings. The van der Waals surface area contributed by atoms with Crippen LogP contribution < -0.4 is 14.9 Å². The van der Waals surface area contributed by atoms with Gasteiger partial charge in [0.2, 0.25) is 0 Å². The van der Waals surface area contributed by atoms with Gasteiger partial charge in [0.1, 0.15) is 5.75 Å². The summed E-state index contributed by atoms with van der Waals surface area (Å²) in [6.45, 7) is 3.96. The second-order valence-electron chi connectivity index (χ2n) is 7.98. The number of piperidine rings is 1. The van der Waals surface area contributed by atoms with E-state index in [0.717, 1.165) is 60.4 Å². The van der Waals surface area contributed by atoms with Crippen molar-refractivity contribution in [2.75, 3.05) is 43.6 Å². The normalized spacial score (nSPS) is 18.0. The Morgan fingerprint density at radius 1 is 1.00 bits per heavy atom. The van der Waals surface area contributed by atoms with E-state index in [1.54, 1.807) is 0 Å². The first-order valence-corrected chi connectivity index (χ1v) is 12.0. The molecule has 0 radical (unpaired) electrons. The zero-order valence-electron chi connectivity index (χ0n) is 17.2. The van der Waals surface area contributed by atoms with E-state index in [0.29, 0.717) is 19.0 Å². The fourth-order valence-corrected chi connectivity index (χ4v) is 5.45. The van der Waals surface area contributed by atoms with E-state index in [2.05, 4.69) is 4.90 Å². The highest BCUT2D eigenvalue weighted by Gasteiger charge is 2.33. The highest BCUT2D eigenvalue weighted by atomic mass is 32.2. The van der Waals surface area contributed by atoms with Crippen LogP contribution in [-0.2, 0) is 16.6 Å². The Balaban J connectivity index is 1.22. The maximum atomic E-state index is 12.9. The minimum atomic E-state index is -3.71. The number of hydrogen-bond acceptors (Lipinski definition) is 5. The number of fused-ring (bicyclic) bond motifs is 1. The zero-order valence-corrected chi connectivity index (χ0v) is 18.0. The van der Waals surface area contributed by atoms with Crippen LogP contribution in [0, 0.1) is 5.92 Å². The molecule has 0 spiro atoms. The molecule has 8 heteroatoms. The second kappa shape index (κ2) is 9.34. The van der Waals surface area contributed by atoms with Crippen molar-refractivity contribution in [2.45, 2.75) is 19.3 Å². The molecule has 0 aromatic heterocycles. The van der Waals surface area contributed by atoms with Crippen molar-refractivity contribution in [1.29, 1.82) is 0 Å². The first kappa shape index (κ1) is 21.1. The van der Waals surface area contributed by atoms with Gasteiger partial charge in [0.25, 0.3) is 0 Å². The Kier molecular flexibility index (Phi) is 6.58. The Hall–Kier alpha value is -2.13. The molecule has 2 N–H and O–H groups in total. The minimum absolute atomic E-state index is 0.284. The predicted molar refractivity (Wildman–Crippen MR) is 118 cm³/mol. The summed E-state index contributed by atoms with van der Waals surface area (Å²) in [7, 11) is -3.71. The van der Waals surface area contributed by atoms with Crippen LogP contribution >= 0.6 is 0 Å². The highest BCUT2D eigenvalue weighted by Crippen LogP contribution is 2.30. The van der Waals surface area contributed by atoms with Gasteiger partial charge in [-0.05, 0) is 62.0 Å². The monoisotopic (exact) mass is 430 g/mol. The van der Waals surface area contributed by atoms with Crippen LogP contribution in [0.1, 0.15) is 18.4 Å². The lowest BCUT2D eigenvalue weighted by Gasteiger charge is -2.33. The van der Waals surface area contributed by atoms with Crippen LogP contribution in [0.4, 0.5) is 5.69 Å². The number of benzene rings is 2. The number of para-hydroxylation sites is 2. The van der Waals surface area contributed by atoms with Crippen molar-refractivity contribution in [3.63, 3.8) is 0 Å². The van der Waals surface area contributed by atoms with E-state index >= 15 is 0 Å². The molecule has 0 bridgehead atoms. The Morgan fingerprint density at radius 2 is 1.70 bits per heavy atom. The molecular formula is C22H30N4O3S. The van der Waals surface area contributed by atoms with Gasteiger partial charge in [-0.1, -0.05) is 36.4 Å². The molecule has 2 aliphatic rings. The fourth-order valence-electron chi connectivity index (χ4n) is 4.14. The summed E-state index contributed by atoms with van der Waals surface area (Å²) in [4.78, 5) is 2.28. The van der Waals surface area contributed by atoms with Gasteiger partial charge in [0.05, 0.1) is 12.3 Å². The summed E-state index contributed by atoms with van der Waals surface area (Å²) >= 11 is 0. The van der Waals surface area contributed by atoms with Gasteiger partial charge in [-0.3, -0.25) is 10.1 Å². The maximum absolute atomic E-state index is 12.9. The van der Waals surface area contributed by atoms with Crippen molar-refractivity contribution >= 4 is 15.9 Å². The average Bonchev–Trinajstić information content (AvgIpc) is 3.22. The number of anilines is 1. The van der Waals surface area contributed by atoms with Crippen molar-refractivity contribution in [2.24, 2.45) is 11.8 Å². The first-order valence-electron chi connectivity index (χ1n) is 10.6. The van der Waals surface area contributed by atoms with Gasteiger partial charge < -0.3 is 9.64 Å². The number of nitrogens with two attached hydrogens (primary N) is 1. The summed E-state index contributed by atoms with van der Waals surface area (Å²) in [6, 6.07) is 17.5. The largest absolute Gasteiger partial charge is 0.493 e. The van der Waals surface area contributed by atoms with Crippen LogP contribution in [0.5, 0.6) is 5.75 Å². The van der Waals surface area contributed by atoms with Gasteiger partial charge in [0, 0.05) is 19.6 Å². The molecule has 7 nitrogen and oxygen atoms in total. The highest BCUT2D eigenvalue weighted by molar-refractivity contribution is 7.90. The molecule has 4 rings (SSSR count). The molecule has 0 atom stereocenters. The average molecular weight is 431 g/mol. The van der Waals surface area contributed by atoms with Gasteiger partial charge in [-0.2, -0.15) is 8.42 Å². The third-order valence-corrected chi connectivity index (χ3v) is 7.70. The molecular weight excluding hydrogens is 400 g/mol. The molecule has 2 heterocycles. The number of nitrogens with zero attached hydrogens (tertiary/aromatic N) is 3. The lowest BCUT2D eigenvalue weighted by Crippen LogP contribution is -2.50. The number of rotatable bonds is 8. The topological polar surface area (TPSA) is 79.1 Å². The van der Waals surface area contributed by atoms with Crippen molar-refractivity contribution < 1.29 is 13.2 Å². The third kappa shape index (κ3) is 4.78. The van der Waals surface area contributed by atoms with Crippen LogP contribution in [0.3, 0.4) is 0 Å². The molecule has 0 unspecified atom stereocenters. The van der Waals surface area contributed by atoms with Crippen LogP contribution in [0.2, 0.25) is 0 Å². The van der Waals surface area contributed by atoms with Gasteiger partial charge in [0.15, 0.2) is 0 Å². The molecule has 0 aliphatic carbocycles. The minimum Gasteiger partial charge on any atom is -0.493 e. The van der Waals surface area contributed by atoms with Crippen LogP contribution in [0.25, 0.3) is 0 Å². The number of hydrazine groups is 1. The standard InChI is InChI=1S/C22H30N4O3S/c23-26(30(27,28)25-15-12-20-6-4-5-9-22(20)25)17-16-24-13-10-19(11-14-24)18-29-21-7-2-1-3-8-21/h1-9,19H,10-18,23H2. The van der Waals surface area contributed by atoms with E-state index in [9.17, 15) is 8.42 Å². The molecule has 162 valence electrons. The summed E-state index contributed by atoms with van der Waals surface area (Å²) in [5, 5.41) is 0. The zero-order chi connectivity index (χ0) is 21.0. The number of hydrogen-bond donors (Lipinski definition) is 1. The SMILES string of the molecule is NN(CCN1CCC(COc2ccccc2)CC1)S(=O)(=O)N1CCc2ccccc21. The molecule has 2 aliphatic heterocycles. The Labute approximate surface area is 179 Å². The smallest absolute Gasteiger partial charge is 0.316 e. The van der Waals surface area contributed by atoms with E-state index in [1.807, 2.05) is 54.6 Å². The van der Waals surface area contributed by atoms with Crippen molar-refractivity contribution in [1.82, 2.24) is 9.31 Å². The van der Waals surface area contributed by atoms with E-state index in [-0.39, 0.29) is 6.54 Å². The first-order chi connectivity index (χ1) is 14.5. The number of ether oxygens (including phenoxy) is 1. The summed E-state index contributed by atoms with van der Waals surface area (Å²) in [6.07, 6.45) is 2.81. The molecule has 0 saturated carbocycles. The second-order valence-corrected chi connectivity index (χ2v) is 9.78. The summed E-state index contributed by atoms with van der Waals surface area (Å²) < 4.78 is 34.2. The fraction of sp³-hybridized carbons (Fsp3) is 0.455. The van der Waals surface area contributed by atoms with E-state index < -0.39 is 10.2 Å². The molecule has 1 saturated heterocycles. The summed E-state index contributed by atoms with van der Waals surface area (Å²) in [5.74, 6) is 7.44. The number of likely N-dealkylation sites (tertiary alicyclic amines) is 1. The maximum Gasteiger partial charge on any atom is 0.316 e.